The molecule has 0 aliphatic rings. The highest BCUT2D eigenvalue weighted by atomic mass is 32.2. The molecule has 30 heavy (non-hydrogen) atoms. The van der Waals surface area contributed by atoms with Crippen LogP contribution in [0.2, 0.25) is 0 Å². The molecule has 1 amide bonds. The Labute approximate surface area is 179 Å². The maximum Gasteiger partial charge on any atom is 0.340 e. The molecule has 6 nitrogen and oxygen atoms in total. The van der Waals surface area contributed by atoms with Crippen LogP contribution < -0.4 is 5.32 Å². The fraction of sp³-hybridized carbons (Fsp3) is 0.217. The molecule has 3 aromatic rings. The summed E-state index contributed by atoms with van der Waals surface area (Å²) in [5.74, 6) is -1.01. The molecule has 0 aliphatic heterocycles. The number of pyridine rings is 1. The fourth-order valence-corrected chi connectivity index (χ4v) is 4.02. The van der Waals surface area contributed by atoms with Crippen molar-refractivity contribution < 1.29 is 14.3 Å². The molecule has 0 unspecified atom stereocenters. The molecular weight excluding hydrogens is 398 g/mol. The third-order valence-electron chi connectivity index (χ3n) is 4.81. The summed E-state index contributed by atoms with van der Waals surface area (Å²) < 4.78 is 5.28. The van der Waals surface area contributed by atoms with Crippen LogP contribution in [0.1, 0.15) is 32.7 Å². The second-order valence-corrected chi connectivity index (χ2v) is 7.82. The molecule has 0 aliphatic carbocycles. The summed E-state index contributed by atoms with van der Waals surface area (Å²) in [5, 5.41) is 14.5. The molecule has 0 radical (unpaired) electrons. The van der Waals surface area contributed by atoms with Gasteiger partial charge in [0.05, 0.1) is 16.8 Å². The van der Waals surface area contributed by atoms with Gasteiger partial charge in [0.15, 0.2) is 6.61 Å². The van der Waals surface area contributed by atoms with Crippen molar-refractivity contribution in [3.63, 3.8) is 0 Å². The molecule has 0 saturated carbocycles. The second-order valence-electron chi connectivity index (χ2n) is 6.96. The number of nitrogens with one attached hydrogen (secondary N) is 1. The number of hydrogen-bond donors (Lipinski definition) is 1. The number of para-hydroxylation sites is 1. The Morgan fingerprint density at radius 1 is 1.13 bits per heavy atom. The Balaban J connectivity index is 1.72. The zero-order valence-electron chi connectivity index (χ0n) is 17.2. The van der Waals surface area contributed by atoms with Crippen LogP contribution in [0.4, 0.5) is 5.69 Å². The van der Waals surface area contributed by atoms with E-state index in [0.717, 1.165) is 44.3 Å². The maximum absolute atomic E-state index is 12.7. The van der Waals surface area contributed by atoms with Crippen LogP contribution in [-0.2, 0) is 9.53 Å². The third kappa shape index (κ3) is 4.44. The van der Waals surface area contributed by atoms with Gasteiger partial charge in [-0.3, -0.25) is 9.78 Å². The van der Waals surface area contributed by atoms with Crippen LogP contribution >= 0.6 is 11.8 Å². The number of esters is 1. The van der Waals surface area contributed by atoms with Crippen molar-refractivity contribution in [2.24, 2.45) is 0 Å². The quantitative estimate of drug-likeness (QED) is 0.361. The third-order valence-corrected chi connectivity index (χ3v) is 5.37. The lowest BCUT2D eigenvalue weighted by Gasteiger charge is -2.14. The van der Waals surface area contributed by atoms with Gasteiger partial charge in [0.2, 0.25) is 0 Å². The predicted octanol–water partition coefficient (Wildman–Crippen LogP) is 4.84. The smallest absolute Gasteiger partial charge is 0.340 e. The van der Waals surface area contributed by atoms with Crippen molar-refractivity contribution in [2.45, 2.75) is 32.6 Å². The van der Waals surface area contributed by atoms with Crippen molar-refractivity contribution in [1.29, 1.82) is 5.26 Å². The Bertz CT molecular complexity index is 1180. The van der Waals surface area contributed by atoms with Gasteiger partial charge in [-0.1, -0.05) is 18.2 Å². The number of hydrogen-bond acceptors (Lipinski definition) is 6. The SMILES string of the molecule is Cc1cc(SC#N)cc(C)c1NC(=O)COC(=O)c1c(C)nc2ccccc2c1C. The Hall–Kier alpha value is -3.37. The highest BCUT2D eigenvalue weighted by molar-refractivity contribution is 8.03. The Kier molecular flexibility index (Phi) is 6.38. The van der Waals surface area contributed by atoms with Gasteiger partial charge in [0.1, 0.15) is 5.40 Å². The van der Waals surface area contributed by atoms with Gasteiger partial charge >= 0.3 is 5.97 Å². The molecule has 1 N–H and O–H groups in total. The molecule has 0 atom stereocenters. The van der Waals surface area contributed by atoms with Crippen LogP contribution in [0.25, 0.3) is 10.9 Å². The topological polar surface area (TPSA) is 92.1 Å². The summed E-state index contributed by atoms with van der Waals surface area (Å²) in [6.07, 6.45) is 0. The van der Waals surface area contributed by atoms with Crippen LogP contribution in [0, 0.1) is 38.4 Å². The van der Waals surface area contributed by atoms with E-state index in [1.807, 2.05) is 62.6 Å². The standard InChI is InChI=1S/C23H21N3O3S/c1-13-9-17(30-12-24)10-14(2)22(13)26-20(27)11-29-23(28)21-15(3)18-7-5-6-8-19(18)25-16(21)4/h5-10H,11H2,1-4H3,(H,26,27). The monoisotopic (exact) mass is 419 g/mol. The van der Waals surface area contributed by atoms with Crippen LogP contribution in [0.15, 0.2) is 41.3 Å². The molecular formula is C23H21N3O3S. The molecule has 3 rings (SSSR count). The number of aromatic nitrogens is 1. The van der Waals surface area contributed by atoms with Crippen LogP contribution in [-0.4, -0.2) is 23.5 Å². The van der Waals surface area contributed by atoms with E-state index in [1.54, 1.807) is 6.92 Å². The van der Waals surface area contributed by atoms with Crippen molar-refractivity contribution in [2.75, 3.05) is 11.9 Å². The molecule has 1 aromatic heterocycles. The minimum atomic E-state index is -0.576. The number of thioether (sulfide) groups is 1. The lowest BCUT2D eigenvalue weighted by atomic mass is 10.0. The summed E-state index contributed by atoms with van der Waals surface area (Å²) in [6.45, 7) is 6.90. The van der Waals surface area contributed by atoms with Crippen molar-refractivity contribution >= 4 is 40.2 Å². The van der Waals surface area contributed by atoms with Crippen molar-refractivity contribution in [3.05, 3.63) is 64.3 Å². The number of nitrogens with zero attached hydrogens (tertiary/aromatic N) is 2. The minimum absolute atomic E-state index is 0.381. The minimum Gasteiger partial charge on any atom is -0.452 e. The molecule has 0 spiro atoms. The number of thiocyanates is 1. The fourth-order valence-electron chi connectivity index (χ4n) is 3.44. The van der Waals surface area contributed by atoms with E-state index in [1.165, 1.54) is 0 Å². The summed E-state index contributed by atoms with van der Waals surface area (Å²) in [5.41, 5.74) is 4.85. The first-order chi connectivity index (χ1) is 14.3. The van der Waals surface area contributed by atoms with E-state index < -0.39 is 18.5 Å². The van der Waals surface area contributed by atoms with Crippen molar-refractivity contribution in [3.8, 4) is 5.40 Å². The number of carbonyl (C=O) groups excluding carboxylic acids is 2. The molecule has 0 fully saturated rings. The molecule has 2 aromatic carbocycles. The van der Waals surface area contributed by atoms with Gasteiger partial charge in [-0.15, -0.1) is 0 Å². The predicted molar refractivity (Wildman–Crippen MR) is 118 cm³/mol. The van der Waals surface area contributed by atoms with E-state index in [-0.39, 0.29) is 0 Å². The van der Waals surface area contributed by atoms with Crippen molar-refractivity contribution in [1.82, 2.24) is 4.98 Å². The van der Waals surface area contributed by atoms with E-state index in [2.05, 4.69) is 10.3 Å². The molecule has 7 heteroatoms. The Morgan fingerprint density at radius 3 is 2.47 bits per heavy atom. The average Bonchev–Trinajstić information content (AvgIpc) is 2.69. The van der Waals surface area contributed by atoms with Crippen LogP contribution in [0.3, 0.4) is 0 Å². The maximum atomic E-state index is 12.7. The van der Waals surface area contributed by atoms with Gasteiger partial charge in [0.25, 0.3) is 5.91 Å². The first-order valence-electron chi connectivity index (χ1n) is 9.32. The van der Waals surface area contributed by atoms with E-state index in [0.29, 0.717) is 16.9 Å². The number of anilines is 1. The molecule has 0 saturated heterocycles. The number of amides is 1. The average molecular weight is 420 g/mol. The number of ether oxygens (including phenoxy) is 1. The lowest BCUT2D eigenvalue weighted by molar-refractivity contribution is -0.119. The van der Waals surface area contributed by atoms with Gasteiger partial charge < -0.3 is 10.1 Å². The number of nitriles is 1. The number of aryl methyl sites for hydroxylation is 4. The summed E-state index contributed by atoms with van der Waals surface area (Å²) in [4.78, 5) is 30.3. The normalized spacial score (nSPS) is 10.5. The van der Waals surface area contributed by atoms with Gasteiger partial charge in [-0.05, 0) is 74.3 Å². The second kappa shape index (κ2) is 8.97. The molecule has 0 bridgehead atoms. The zero-order valence-corrected chi connectivity index (χ0v) is 18.0. The highest BCUT2D eigenvalue weighted by Crippen LogP contribution is 2.27. The number of carbonyl (C=O) groups is 2. The van der Waals surface area contributed by atoms with Crippen LogP contribution in [0.5, 0.6) is 0 Å². The highest BCUT2D eigenvalue weighted by Gasteiger charge is 2.19. The first kappa shape index (κ1) is 21.3. The van der Waals surface area contributed by atoms with E-state index in [9.17, 15) is 9.59 Å². The first-order valence-corrected chi connectivity index (χ1v) is 10.1. The largest absolute Gasteiger partial charge is 0.452 e. The van der Waals surface area contributed by atoms with Gasteiger partial charge in [0, 0.05) is 16.0 Å². The van der Waals surface area contributed by atoms with Gasteiger partial charge in [-0.2, -0.15) is 5.26 Å². The molecule has 1 heterocycles. The summed E-state index contributed by atoms with van der Waals surface area (Å²) in [6, 6.07) is 11.2. The van der Waals surface area contributed by atoms with E-state index in [4.69, 9.17) is 10.00 Å². The number of benzene rings is 2. The zero-order chi connectivity index (χ0) is 21.8. The summed E-state index contributed by atoms with van der Waals surface area (Å²) in [7, 11) is 0. The molecule has 152 valence electrons. The van der Waals surface area contributed by atoms with E-state index >= 15 is 0 Å². The lowest BCUT2D eigenvalue weighted by Crippen LogP contribution is -2.22. The Morgan fingerprint density at radius 2 is 1.80 bits per heavy atom. The van der Waals surface area contributed by atoms with Gasteiger partial charge in [-0.25, -0.2) is 4.79 Å². The summed E-state index contributed by atoms with van der Waals surface area (Å²) >= 11 is 1.06. The number of fused-ring (bicyclic) bond motifs is 1. The number of rotatable bonds is 5.